The van der Waals surface area contributed by atoms with E-state index in [2.05, 4.69) is 26.2 Å². The second-order valence-corrected chi connectivity index (χ2v) is 5.48. The topological polar surface area (TPSA) is 42.0 Å². The van der Waals surface area contributed by atoms with Crippen molar-refractivity contribution in [2.24, 2.45) is 0 Å². The molecule has 0 aliphatic heterocycles. The Morgan fingerprint density at radius 3 is 2.79 bits per heavy atom. The van der Waals surface area contributed by atoms with Crippen molar-refractivity contribution in [3.63, 3.8) is 0 Å². The molecule has 0 saturated heterocycles. The number of benzene rings is 1. The lowest BCUT2D eigenvalue weighted by molar-refractivity contribution is 0.102. The molecule has 0 saturated carbocycles. The number of rotatable bonds is 2. The Kier molecular flexibility index (Phi) is 4.45. The molecule has 0 atom stereocenters. The summed E-state index contributed by atoms with van der Waals surface area (Å²) in [4.78, 5) is 16.1. The average Bonchev–Trinajstić information content (AvgIpc) is 2.37. The first-order valence-corrected chi connectivity index (χ1v) is 6.91. The van der Waals surface area contributed by atoms with Crippen molar-refractivity contribution < 1.29 is 4.79 Å². The normalized spacial score (nSPS) is 10.3. The Morgan fingerprint density at radius 2 is 2.11 bits per heavy atom. The Balaban J connectivity index is 2.26. The van der Waals surface area contributed by atoms with Crippen molar-refractivity contribution in [2.45, 2.75) is 6.92 Å². The smallest absolute Gasteiger partial charge is 0.256 e. The Labute approximate surface area is 129 Å². The molecule has 6 heteroatoms. The third-order valence-electron chi connectivity index (χ3n) is 2.57. The van der Waals surface area contributed by atoms with Gasteiger partial charge in [-0.05, 0) is 46.6 Å². The fourth-order valence-corrected chi connectivity index (χ4v) is 2.17. The summed E-state index contributed by atoms with van der Waals surface area (Å²) in [6, 6.07) is 6.89. The van der Waals surface area contributed by atoms with Crippen LogP contribution in [-0.2, 0) is 0 Å². The molecular weight excluding hydrogens is 351 g/mol. The van der Waals surface area contributed by atoms with Gasteiger partial charge in [-0.15, -0.1) is 0 Å². The van der Waals surface area contributed by atoms with Crippen molar-refractivity contribution >= 4 is 50.7 Å². The minimum atomic E-state index is -0.240. The number of carbonyl (C=O) groups excluding carboxylic acids is 1. The molecule has 0 unspecified atom stereocenters. The monoisotopic (exact) mass is 358 g/mol. The van der Waals surface area contributed by atoms with E-state index >= 15 is 0 Å². The van der Waals surface area contributed by atoms with E-state index in [0.717, 1.165) is 5.56 Å². The lowest BCUT2D eigenvalue weighted by Crippen LogP contribution is -2.13. The van der Waals surface area contributed by atoms with E-state index in [1.54, 1.807) is 31.2 Å². The largest absolute Gasteiger partial charge is 0.321 e. The highest BCUT2D eigenvalue weighted by atomic mass is 79.9. The predicted octanol–water partition coefficient (Wildman–Crippen LogP) is 4.71. The second kappa shape index (κ2) is 5.90. The molecule has 0 radical (unpaired) electrons. The van der Waals surface area contributed by atoms with E-state index in [0.29, 0.717) is 25.9 Å². The zero-order valence-corrected chi connectivity index (χ0v) is 13.0. The Bertz CT molecular complexity index is 647. The van der Waals surface area contributed by atoms with Gasteiger partial charge in [-0.1, -0.05) is 29.3 Å². The third kappa shape index (κ3) is 3.26. The first kappa shape index (κ1) is 14.3. The van der Waals surface area contributed by atoms with Gasteiger partial charge in [0, 0.05) is 10.6 Å². The molecule has 0 aliphatic rings. The molecule has 0 bridgehead atoms. The fraction of sp³-hybridized carbons (Fsp3) is 0.0769. The maximum absolute atomic E-state index is 12.1. The summed E-state index contributed by atoms with van der Waals surface area (Å²) in [6.45, 7) is 1.80. The number of carbonyl (C=O) groups is 1. The van der Waals surface area contributed by atoms with Crippen LogP contribution in [0.25, 0.3) is 0 Å². The van der Waals surface area contributed by atoms with Crippen molar-refractivity contribution in [3.05, 3.63) is 56.2 Å². The lowest BCUT2D eigenvalue weighted by Gasteiger charge is -2.09. The van der Waals surface area contributed by atoms with Gasteiger partial charge < -0.3 is 5.32 Å². The molecule has 1 aromatic heterocycles. The quantitative estimate of drug-likeness (QED) is 0.789. The number of hydrogen-bond donors (Lipinski definition) is 1. The van der Waals surface area contributed by atoms with Crippen LogP contribution in [0.3, 0.4) is 0 Å². The van der Waals surface area contributed by atoms with Crippen LogP contribution in [0.2, 0.25) is 10.2 Å². The van der Waals surface area contributed by atoms with Gasteiger partial charge >= 0.3 is 0 Å². The molecule has 2 rings (SSSR count). The van der Waals surface area contributed by atoms with Crippen LogP contribution < -0.4 is 5.32 Å². The molecule has 0 fully saturated rings. The van der Waals surface area contributed by atoms with Crippen LogP contribution in [0, 0.1) is 6.92 Å². The summed E-state index contributed by atoms with van der Waals surface area (Å²) in [7, 11) is 0. The number of aromatic nitrogens is 1. The fourth-order valence-electron chi connectivity index (χ4n) is 1.54. The highest BCUT2D eigenvalue weighted by molar-refractivity contribution is 9.10. The van der Waals surface area contributed by atoms with Gasteiger partial charge in [-0.25, -0.2) is 4.98 Å². The minimum absolute atomic E-state index is 0.240. The molecule has 1 heterocycles. The van der Waals surface area contributed by atoms with E-state index in [-0.39, 0.29) is 5.91 Å². The molecule has 1 aromatic carbocycles. The van der Waals surface area contributed by atoms with Crippen LogP contribution in [0.5, 0.6) is 0 Å². The van der Waals surface area contributed by atoms with Gasteiger partial charge in [0.1, 0.15) is 5.15 Å². The third-order valence-corrected chi connectivity index (χ3v) is 4.11. The standard InChI is InChI=1S/C13H9BrCl2N2O/c1-7-9(3-2-4-11(7)15)13(19)18-8-5-10(14)12(16)17-6-8/h2-6H,1H3,(H,18,19). The summed E-state index contributed by atoms with van der Waals surface area (Å²) in [5.41, 5.74) is 1.82. The van der Waals surface area contributed by atoms with Crippen LogP contribution in [0.15, 0.2) is 34.9 Å². The summed E-state index contributed by atoms with van der Waals surface area (Å²) in [6.07, 6.45) is 1.49. The maximum Gasteiger partial charge on any atom is 0.256 e. The molecule has 0 aliphatic carbocycles. The van der Waals surface area contributed by atoms with Crippen molar-refractivity contribution in [3.8, 4) is 0 Å². The van der Waals surface area contributed by atoms with E-state index in [1.807, 2.05) is 0 Å². The molecule has 0 spiro atoms. The van der Waals surface area contributed by atoms with Crippen LogP contribution in [-0.4, -0.2) is 10.9 Å². The molecule has 2 aromatic rings. The van der Waals surface area contributed by atoms with E-state index < -0.39 is 0 Å². The number of nitrogens with zero attached hydrogens (tertiary/aromatic N) is 1. The van der Waals surface area contributed by atoms with E-state index in [4.69, 9.17) is 23.2 Å². The summed E-state index contributed by atoms with van der Waals surface area (Å²) < 4.78 is 0.620. The number of anilines is 1. The summed E-state index contributed by atoms with van der Waals surface area (Å²) in [5.74, 6) is -0.240. The first-order valence-electron chi connectivity index (χ1n) is 5.36. The zero-order valence-electron chi connectivity index (χ0n) is 9.88. The van der Waals surface area contributed by atoms with Crippen LogP contribution >= 0.6 is 39.1 Å². The number of halogens is 3. The van der Waals surface area contributed by atoms with Crippen molar-refractivity contribution in [2.75, 3.05) is 5.32 Å². The summed E-state index contributed by atoms with van der Waals surface area (Å²) in [5, 5.41) is 3.65. The maximum atomic E-state index is 12.1. The van der Waals surface area contributed by atoms with Crippen molar-refractivity contribution in [1.29, 1.82) is 0 Å². The van der Waals surface area contributed by atoms with E-state index in [1.165, 1.54) is 6.20 Å². The van der Waals surface area contributed by atoms with Gasteiger partial charge in [0.15, 0.2) is 0 Å². The van der Waals surface area contributed by atoms with Gasteiger partial charge in [-0.2, -0.15) is 0 Å². The molecule has 1 N–H and O–H groups in total. The Hall–Kier alpha value is -1.10. The SMILES string of the molecule is Cc1c(Cl)cccc1C(=O)Nc1cnc(Cl)c(Br)c1. The van der Waals surface area contributed by atoms with Gasteiger partial charge in [-0.3, -0.25) is 4.79 Å². The minimum Gasteiger partial charge on any atom is -0.321 e. The average molecular weight is 360 g/mol. The van der Waals surface area contributed by atoms with Crippen molar-refractivity contribution in [1.82, 2.24) is 4.98 Å². The molecule has 98 valence electrons. The molecular formula is C13H9BrCl2N2O. The van der Waals surface area contributed by atoms with Gasteiger partial charge in [0.25, 0.3) is 5.91 Å². The van der Waals surface area contributed by atoms with Gasteiger partial charge in [0.2, 0.25) is 0 Å². The number of pyridine rings is 1. The van der Waals surface area contributed by atoms with E-state index in [9.17, 15) is 4.79 Å². The lowest BCUT2D eigenvalue weighted by atomic mass is 10.1. The first-order chi connectivity index (χ1) is 8.99. The van der Waals surface area contributed by atoms with Crippen LogP contribution in [0.1, 0.15) is 15.9 Å². The molecule has 3 nitrogen and oxygen atoms in total. The summed E-state index contributed by atoms with van der Waals surface area (Å²) >= 11 is 15.0. The van der Waals surface area contributed by atoms with Crippen LogP contribution in [0.4, 0.5) is 5.69 Å². The highest BCUT2D eigenvalue weighted by Gasteiger charge is 2.11. The predicted molar refractivity (Wildman–Crippen MR) is 81.1 cm³/mol. The van der Waals surface area contributed by atoms with Gasteiger partial charge in [0.05, 0.1) is 16.4 Å². The zero-order chi connectivity index (χ0) is 14.0. The molecule has 1 amide bonds. The number of amides is 1. The number of nitrogens with one attached hydrogen (secondary N) is 1. The highest BCUT2D eigenvalue weighted by Crippen LogP contribution is 2.24. The molecule has 19 heavy (non-hydrogen) atoms. The number of hydrogen-bond acceptors (Lipinski definition) is 2. The second-order valence-electron chi connectivity index (χ2n) is 3.86. The Morgan fingerprint density at radius 1 is 1.37 bits per heavy atom.